The Bertz CT molecular complexity index is 985. The molecule has 0 saturated carbocycles. The summed E-state index contributed by atoms with van der Waals surface area (Å²) in [6.45, 7) is 1.80. The van der Waals surface area contributed by atoms with Crippen molar-refractivity contribution >= 4 is 11.9 Å². The van der Waals surface area contributed by atoms with Gasteiger partial charge in [-0.1, -0.05) is 18.2 Å². The Balaban J connectivity index is 1.87. The van der Waals surface area contributed by atoms with Gasteiger partial charge in [0.2, 0.25) is 5.95 Å². The number of amides is 1. The predicted molar refractivity (Wildman–Crippen MR) is 90.9 cm³/mol. The van der Waals surface area contributed by atoms with Gasteiger partial charge in [0.05, 0.1) is 6.54 Å². The number of aromatic nitrogens is 3. The first kappa shape index (κ1) is 16.5. The van der Waals surface area contributed by atoms with Crippen molar-refractivity contribution in [3.8, 4) is 0 Å². The molecule has 0 aliphatic rings. The molecule has 0 saturated heterocycles. The minimum absolute atomic E-state index is 0.0353. The normalized spacial score (nSPS) is 10.5. The van der Waals surface area contributed by atoms with Gasteiger partial charge in [0.15, 0.2) is 0 Å². The summed E-state index contributed by atoms with van der Waals surface area (Å²) in [6.07, 6.45) is 3.02. The van der Waals surface area contributed by atoms with Crippen LogP contribution in [0.25, 0.3) is 0 Å². The third-order valence-corrected chi connectivity index (χ3v) is 3.58. The van der Waals surface area contributed by atoms with Gasteiger partial charge in [0, 0.05) is 23.7 Å². The maximum atomic E-state index is 13.8. The molecule has 6 nitrogen and oxygen atoms in total. The molecule has 0 unspecified atom stereocenters. The van der Waals surface area contributed by atoms with Crippen LogP contribution in [0.3, 0.4) is 0 Å². The zero-order chi connectivity index (χ0) is 17.8. The highest BCUT2D eigenvalue weighted by atomic mass is 19.1. The highest BCUT2D eigenvalue weighted by molar-refractivity contribution is 6.03. The van der Waals surface area contributed by atoms with Crippen LogP contribution < -0.4 is 10.9 Å². The van der Waals surface area contributed by atoms with E-state index in [4.69, 9.17) is 0 Å². The van der Waals surface area contributed by atoms with Crippen molar-refractivity contribution in [2.75, 3.05) is 5.32 Å². The Hall–Kier alpha value is -3.35. The Morgan fingerprint density at radius 2 is 2.00 bits per heavy atom. The number of rotatable bonds is 4. The van der Waals surface area contributed by atoms with Gasteiger partial charge in [-0.2, -0.15) is 0 Å². The number of halogens is 1. The van der Waals surface area contributed by atoms with E-state index in [0.717, 1.165) is 0 Å². The van der Waals surface area contributed by atoms with Crippen molar-refractivity contribution in [1.82, 2.24) is 14.5 Å². The molecule has 126 valence electrons. The third-order valence-electron chi connectivity index (χ3n) is 3.58. The van der Waals surface area contributed by atoms with Gasteiger partial charge >= 0.3 is 0 Å². The molecular weight excluding hydrogens is 323 g/mol. The second-order valence-electron chi connectivity index (χ2n) is 5.42. The van der Waals surface area contributed by atoms with Crippen molar-refractivity contribution < 1.29 is 9.18 Å². The summed E-state index contributed by atoms with van der Waals surface area (Å²) in [7, 11) is 0. The summed E-state index contributed by atoms with van der Waals surface area (Å²) in [6, 6.07) is 10.8. The monoisotopic (exact) mass is 338 g/mol. The number of benzene rings is 1. The van der Waals surface area contributed by atoms with Gasteiger partial charge in [0.1, 0.15) is 11.4 Å². The van der Waals surface area contributed by atoms with Crippen LogP contribution in [-0.4, -0.2) is 20.4 Å². The van der Waals surface area contributed by atoms with Gasteiger partial charge in [0.25, 0.3) is 11.5 Å². The average Bonchev–Trinajstić information content (AvgIpc) is 2.58. The van der Waals surface area contributed by atoms with Crippen LogP contribution in [0.15, 0.2) is 59.7 Å². The number of hydrogen-bond donors (Lipinski definition) is 1. The summed E-state index contributed by atoms with van der Waals surface area (Å²) in [5.74, 6) is -0.898. The number of anilines is 1. The lowest BCUT2D eigenvalue weighted by Gasteiger charge is -2.09. The molecule has 0 aliphatic heterocycles. The number of carbonyl (C=O) groups is 1. The summed E-state index contributed by atoms with van der Waals surface area (Å²) in [5.41, 5.74) is 0.472. The maximum Gasteiger partial charge on any atom is 0.263 e. The zero-order valence-electron chi connectivity index (χ0n) is 13.4. The molecule has 2 aromatic heterocycles. The van der Waals surface area contributed by atoms with E-state index in [9.17, 15) is 14.0 Å². The lowest BCUT2D eigenvalue weighted by molar-refractivity contribution is 0.102. The molecule has 0 aliphatic carbocycles. The van der Waals surface area contributed by atoms with Crippen LogP contribution in [0.1, 0.15) is 21.6 Å². The summed E-state index contributed by atoms with van der Waals surface area (Å²) < 4.78 is 15.1. The number of hydrogen-bond acceptors (Lipinski definition) is 4. The fourth-order valence-corrected chi connectivity index (χ4v) is 2.32. The van der Waals surface area contributed by atoms with Gasteiger partial charge in [-0.3, -0.25) is 14.9 Å². The van der Waals surface area contributed by atoms with E-state index < -0.39 is 17.3 Å². The van der Waals surface area contributed by atoms with E-state index in [1.165, 1.54) is 29.1 Å². The van der Waals surface area contributed by atoms with Gasteiger partial charge in [-0.05, 0) is 31.2 Å². The van der Waals surface area contributed by atoms with Crippen LogP contribution in [0.4, 0.5) is 10.3 Å². The molecule has 1 amide bonds. The molecule has 1 N–H and O–H groups in total. The molecule has 25 heavy (non-hydrogen) atoms. The van der Waals surface area contributed by atoms with Crippen molar-refractivity contribution in [2.24, 2.45) is 0 Å². The fourth-order valence-electron chi connectivity index (χ4n) is 2.32. The van der Waals surface area contributed by atoms with Gasteiger partial charge in [-0.15, -0.1) is 0 Å². The zero-order valence-corrected chi connectivity index (χ0v) is 13.4. The molecule has 0 radical (unpaired) electrons. The molecule has 0 bridgehead atoms. The average molecular weight is 338 g/mol. The first-order valence-electron chi connectivity index (χ1n) is 7.58. The molecule has 0 atom stereocenters. The molecule has 1 aromatic carbocycles. The van der Waals surface area contributed by atoms with Gasteiger partial charge in [-0.25, -0.2) is 14.4 Å². The first-order chi connectivity index (χ1) is 12.0. The smallest absolute Gasteiger partial charge is 0.263 e. The van der Waals surface area contributed by atoms with Crippen LogP contribution in [0.5, 0.6) is 0 Å². The van der Waals surface area contributed by atoms with Crippen molar-refractivity contribution in [3.63, 3.8) is 0 Å². The molecular formula is C18H15FN4O2. The number of nitrogens with one attached hydrogen (secondary N) is 1. The third kappa shape index (κ3) is 3.77. The fraction of sp³-hybridized carbons (Fsp3) is 0.111. The SMILES string of the molecule is Cc1ccnc(NC(=O)c2cccn(Cc3ccccc3F)c2=O)n1. The van der Waals surface area contributed by atoms with E-state index >= 15 is 0 Å². The highest BCUT2D eigenvalue weighted by Crippen LogP contribution is 2.08. The maximum absolute atomic E-state index is 13.8. The number of aryl methyl sites for hydroxylation is 1. The largest absolute Gasteiger partial charge is 0.310 e. The molecule has 7 heteroatoms. The van der Waals surface area contributed by atoms with Crippen molar-refractivity contribution in [1.29, 1.82) is 0 Å². The topological polar surface area (TPSA) is 76.9 Å². The minimum atomic E-state index is -0.613. The van der Waals surface area contributed by atoms with Crippen LogP contribution in [0, 0.1) is 12.7 Å². The molecule has 2 heterocycles. The van der Waals surface area contributed by atoms with E-state index in [1.54, 1.807) is 37.3 Å². The van der Waals surface area contributed by atoms with Crippen molar-refractivity contribution in [2.45, 2.75) is 13.5 Å². The van der Waals surface area contributed by atoms with E-state index in [-0.39, 0.29) is 18.1 Å². The summed E-state index contributed by atoms with van der Waals surface area (Å²) in [5, 5.41) is 2.49. The molecule has 3 rings (SSSR count). The lowest BCUT2D eigenvalue weighted by Crippen LogP contribution is -2.29. The molecule has 0 fully saturated rings. The number of pyridine rings is 1. The van der Waals surface area contributed by atoms with Crippen LogP contribution in [-0.2, 0) is 6.54 Å². The Labute approximate surface area is 143 Å². The Morgan fingerprint density at radius 1 is 1.20 bits per heavy atom. The van der Waals surface area contributed by atoms with Gasteiger partial charge < -0.3 is 4.57 Å². The highest BCUT2D eigenvalue weighted by Gasteiger charge is 2.14. The summed E-state index contributed by atoms with van der Waals surface area (Å²) >= 11 is 0. The number of nitrogens with zero attached hydrogens (tertiary/aromatic N) is 3. The molecule has 0 spiro atoms. The van der Waals surface area contributed by atoms with E-state index in [2.05, 4.69) is 15.3 Å². The number of carbonyl (C=O) groups excluding carboxylic acids is 1. The predicted octanol–water partition coefficient (Wildman–Crippen LogP) is 2.39. The quantitative estimate of drug-likeness (QED) is 0.792. The lowest BCUT2D eigenvalue weighted by atomic mass is 10.2. The van der Waals surface area contributed by atoms with E-state index in [1.807, 2.05) is 0 Å². The van der Waals surface area contributed by atoms with Crippen LogP contribution in [0.2, 0.25) is 0 Å². The minimum Gasteiger partial charge on any atom is -0.310 e. The van der Waals surface area contributed by atoms with Crippen LogP contribution >= 0.6 is 0 Å². The second-order valence-corrected chi connectivity index (χ2v) is 5.42. The molecule has 3 aromatic rings. The Kier molecular flexibility index (Phi) is 4.65. The second kappa shape index (κ2) is 7.04. The summed E-state index contributed by atoms with van der Waals surface area (Å²) in [4.78, 5) is 32.9. The Morgan fingerprint density at radius 3 is 2.76 bits per heavy atom. The van der Waals surface area contributed by atoms with Crippen molar-refractivity contribution in [3.05, 3.63) is 87.9 Å². The van der Waals surface area contributed by atoms with E-state index in [0.29, 0.717) is 11.3 Å². The standard InChI is InChI=1S/C18H15FN4O2/c1-12-8-9-20-18(21-12)22-16(24)14-6-4-10-23(17(14)25)11-13-5-2-3-7-15(13)19/h2-10H,11H2,1H3,(H,20,21,22,24). The first-order valence-corrected chi connectivity index (χ1v) is 7.58.